The highest BCUT2D eigenvalue weighted by Crippen LogP contribution is 2.21. The van der Waals surface area contributed by atoms with Gasteiger partial charge in [0.15, 0.2) is 0 Å². The number of aliphatic hydroxyl groups excluding tert-OH is 1. The first-order valence-electron chi connectivity index (χ1n) is 5.99. The summed E-state index contributed by atoms with van der Waals surface area (Å²) < 4.78 is 5.31. The van der Waals surface area contributed by atoms with Crippen LogP contribution in [0.5, 0.6) is 0 Å². The number of carbonyl (C=O) groups is 1. The predicted molar refractivity (Wildman–Crippen MR) is 62.2 cm³/mol. The van der Waals surface area contributed by atoms with Gasteiger partial charge in [0.1, 0.15) is 5.60 Å². The summed E-state index contributed by atoms with van der Waals surface area (Å²) in [7, 11) is 0. The number of hydrogen-bond acceptors (Lipinski definition) is 3. The SMILES string of the molecule is CC[C@@H]1CN(C(=O)OC(C)(C)C)CC[C@H]1O. The average molecular weight is 229 g/mol. The second-order valence-corrected chi connectivity index (χ2v) is 5.45. The largest absolute Gasteiger partial charge is 0.444 e. The van der Waals surface area contributed by atoms with E-state index >= 15 is 0 Å². The molecule has 0 radical (unpaired) electrons. The fourth-order valence-corrected chi connectivity index (χ4v) is 1.91. The van der Waals surface area contributed by atoms with Crippen LogP contribution in [-0.2, 0) is 4.74 Å². The molecular weight excluding hydrogens is 206 g/mol. The van der Waals surface area contributed by atoms with E-state index in [0.29, 0.717) is 19.5 Å². The van der Waals surface area contributed by atoms with E-state index in [2.05, 4.69) is 0 Å². The maximum absolute atomic E-state index is 11.8. The van der Waals surface area contributed by atoms with Gasteiger partial charge in [-0.2, -0.15) is 0 Å². The molecule has 16 heavy (non-hydrogen) atoms. The number of ether oxygens (including phenoxy) is 1. The van der Waals surface area contributed by atoms with E-state index in [1.165, 1.54) is 0 Å². The molecule has 1 saturated heterocycles. The molecule has 4 nitrogen and oxygen atoms in total. The number of aliphatic hydroxyl groups is 1. The smallest absolute Gasteiger partial charge is 0.410 e. The van der Waals surface area contributed by atoms with Crippen molar-refractivity contribution in [2.45, 2.75) is 52.2 Å². The van der Waals surface area contributed by atoms with Crippen molar-refractivity contribution in [2.75, 3.05) is 13.1 Å². The van der Waals surface area contributed by atoms with Crippen molar-refractivity contribution in [2.24, 2.45) is 5.92 Å². The number of amides is 1. The van der Waals surface area contributed by atoms with Crippen LogP contribution in [0.25, 0.3) is 0 Å². The molecule has 0 spiro atoms. The molecule has 1 N–H and O–H groups in total. The molecule has 1 aliphatic heterocycles. The number of likely N-dealkylation sites (tertiary alicyclic amines) is 1. The monoisotopic (exact) mass is 229 g/mol. The standard InChI is InChI=1S/C12H23NO3/c1-5-9-8-13(7-6-10(9)14)11(15)16-12(2,3)4/h9-10,14H,5-8H2,1-4H3/t9-,10-/m1/s1. The molecule has 1 rings (SSSR count). The molecular formula is C12H23NO3. The highest BCUT2D eigenvalue weighted by atomic mass is 16.6. The molecule has 0 aromatic carbocycles. The van der Waals surface area contributed by atoms with E-state index < -0.39 is 5.60 Å². The number of piperidine rings is 1. The molecule has 1 heterocycles. The van der Waals surface area contributed by atoms with Gasteiger partial charge in [-0.1, -0.05) is 6.92 Å². The summed E-state index contributed by atoms with van der Waals surface area (Å²) >= 11 is 0. The van der Waals surface area contributed by atoms with Crippen molar-refractivity contribution < 1.29 is 14.6 Å². The molecule has 1 aliphatic rings. The highest BCUT2D eigenvalue weighted by molar-refractivity contribution is 5.68. The van der Waals surface area contributed by atoms with Crippen LogP contribution >= 0.6 is 0 Å². The van der Waals surface area contributed by atoms with Crippen molar-refractivity contribution in [3.8, 4) is 0 Å². The van der Waals surface area contributed by atoms with Crippen molar-refractivity contribution >= 4 is 6.09 Å². The zero-order chi connectivity index (χ0) is 12.3. The van der Waals surface area contributed by atoms with Gasteiger partial charge in [0.2, 0.25) is 0 Å². The second-order valence-electron chi connectivity index (χ2n) is 5.45. The Morgan fingerprint density at radius 3 is 2.62 bits per heavy atom. The summed E-state index contributed by atoms with van der Waals surface area (Å²) in [4.78, 5) is 13.5. The molecule has 0 saturated carbocycles. The molecule has 0 unspecified atom stereocenters. The third-order valence-electron chi connectivity index (χ3n) is 2.87. The summed E-state index contributed by atoms with van der Waals surface area (Å²) in [5.41, 5.74) is -0.450. The summed E-state index contributed by atoms with van der Waals surface area (Å²) in [5, 5.41) is 9.72. The first-order valence-corrected chi connectivity index (χ1v) is 5.99. The minimum atomic E-state index is -0.450. The summed E-state index contributed by atoms with van der Waals surface area (Å²) in [5.74, 6) is 0.182. The van der Waals surface area contributed by atoms with Crippen LogP contribution in [-0.4, -0.2) is 40.9 Å². The van der Waals surface area contributed by atoms with Crippen LogP contribution in [0.2, 0.25) is 0 Å². The fraction of sp³-hybridized carbons (Fsp3) is 0.917. The minimum Gasteiger partial charge on any atom is -0.444 e. The zero-order valence-corrected chi connectivity index (χ0v) is 10.7. The first-order chi connectivity index (χ1) is 7.33. The molecule has 0 aromatic rings. The minimum absolute atomic E-state index is 0.182. The Kier molecular flexibility index (Phi) is 4.19. The van der Waals surface area contributed by atoms with Crippen LogP contribution in [0.3, 0.4) is 0 Å². The van der Waals surface area contributed by atoms with E-state index in [1.54, 1.807) is 4.90 Å². The van der Waals surface area contributed by atoms with Crippen molar-refractivity contribution in [1.82, 2.24) is 4.90 Å². The molecule has 0 bridgehead atoms. The van der Waals surface area contributed by atoms with Crippen LogP contribution < -0.4 is 0 Å². The number of carbonyl (C=O) groups excluding carboxylic acids is 1. The van der Waals surface area contributed by atoms with Crippen molar-refractivity contribution in [3.63, 3.8) is 0 Å². The predicted octanol–water partition coefficient (Wildman–Crippen LogP) is 2.01. The van der Waals surface area contributed by atoms with Gasteiger partial charge in [-0.25, -0.2) is 4.79 Å². The van der Waals surface area contributed by atoms with Gasteiger partial charge in [0.25, 0.3) is 0 Å². The van der Waals surface area contributed by atoms with Crippen molar-refractivity contribution in [1.29, 1.82) is 0 Å². The quantitative estimate of drug-likeness (QED) is 0.748. The van der Waals surface area contributed by atoms with Crippen LogP contribution in [0.1, 0.15) is 40.5 Å². The van der Waals surface area contributed by atoms with Gasteiger partial charge in [-0.15, -0.1) is 0 Å². The lowest BCUT2D eigenvalue weighted by Gasteiger charge is -2.36. The third kappa shape index (κ3) is 3.67. The molecule has 1 fully saturated rings. The number of nitrogens with zero attached hydrogens (tertiary/aromatic N) is 1. The Labute approximate surface area is 97.6 Å². The van der Waals surface area contributed by atoms with Gasteiger partial charge in [0, 0.05) is 19.0 Å². The molecule has 4 heteroatoms. The van der Waals surface area contributed by atoms with Crippen LogP contribution in [0, 0.1) is 5.92 Å². The first kappa shape index (κ1) is 13.3. The summed E-state index contributed by atoms with van der Waals surface area (Å²) in [6.07, 6.45) is 1.000. The fourth-order valence-electron chi connectivity index (χ4n) is 1.91. The van der Waals surface area contributed by atoms with Crippen LogP contribution in [0.4, 0.5) is 4.79 Å². The maximum Gasteiger partial charge on any atom is 0.410 e. The van der Waals surface area contributed by atoms with E-state index in [0.717, 1.165) is 6.42 Å². The Morgan fingerprint density at radius 2 is 2.12 bits per heavy atom. The molecule has 1 amide bonds. The molecule has 0 aliphatic carbocycles. The Balaban J connectivity index is 2.52. The zero-order valence-electron chi connectivity index (χ0n) is 10.7. The molecule has 0 aromatic heterocycles. The van der Waals surface area contributed by atoms with Crippen molar-refractivity contribution in [3.05, 3.63) is 0 Å². The van der Waals surface area contributed by atoms with Gasteiger partial charge < -0.3 is 14.7 Å². The van der Waals surface area contributed by atoms with E-state index in [4.69, 9.17) is 4.74 Å². The average Bonchev–Trinajstić information content (AvgIpc) is 2.15. The summed E-state index contributed by atoms with van der Waals surface area (Å²) in [6, 6.07) is 0. The van der Waals surface area contributed by atoms with E-state index in [-0.39, 0.29) is 18.1 Å². The number of hydrogen-bond donors (Lipinski definition) is 1. The summed E-state index contributed by atoms with van der Waals surface area (Å²) in [6.45, 7) is 8.81. The highest BCUT2D eigenvalue weighted by Gasteiger charge is 2.31. The Bertz CT molecular complexity index is 247. The third-order valence-corrected chi connectivity index (χ3v) is 2.87. The number of rotatable bonds is 1. The Morgan fingerprint density at radius 1 is 1.50 bits per heavy atom. The normalized spacial score (nSPS) is 26.7. The Hall–Kier alpha value is -0.770. The van der Waals surface area contributed by atoms with Gasteiger partial charge in [-0.05, 0) is 33.6 Å². The van der Waals surface area contributed by atoms with Gasteiger partial charge >= 0.3 is 6.09 Å². The molecule has 94 valence electrons. The van der Waals surface area contributed by atoms with E-state index in [9.17, 15) is 9.90 Å². The maximum atomic E-state index is 11.8. The lowest BCUT2D eigenvalue weighted by atomic mass is 9.93. The molecule has 2 atom stereocenters. The van der Waals surface area contributed by atoms with Gasteiger partial charge in [0.05, 0.1) is 6.10 Å². The van der Waals surface area contributed by atoms with E-state index in [1.807, 2.05) is 27.7 Å². The van der Waals surface area contributed by atoms with Crippen LogP contribution in [0.15, 0.2) is 0 Å². The van der Waals surface area contributed by atoms with Gasteiger partial charge in [-0.3, -0.25) is 0 Å². The second kappa shape index (κ2) is 5.04. The topological polar surface area (TPSA) is 49.8 Å². The lowest BCUT2D eigenvalue weighted by Crippen LogP contribution is -2.47. The lowest BCUT2D eigenvalue weighted by molar-refractivity contribution is -0.00896.